The Labute approximate surface area is 141 Å². The number of amides is 1. The lowest BCUT2D eigenvalue weighted by molar-refractivity contribution is -0.00407. The molecule has 1 saturated heterocycles. The van der Waals surface area contributed by atoms with Crippen molar-refractivity contribution in [2.75, 3.05) is 19.8 Å². The number of aromatic amines is 1. The summed E-state index contributed by atoms with van der Waals surface area (Å²) in [5, 5.41) is 7.07. The Hall–Kier alpha value is -2.34. The van der Waals surface area contributed by atoms with E-state index in [1.54, 1.807) is 6.20 Å². The minimum absolute atomic E-state index is 0.00611. The number of hydrogen-bond acceptors (Lipinski definition) is 4. The second-order valence-corrected chi connectivity index (χ2v) is 6.25. The second kappa shape index (κ2) is 7.05. The summed E-state index contributed by atoms with van der Waals surface area (Å²) in [7, 11) is 0. The maximum Gasteiger partial charge on any atom is 0.254 e. The molecule has 0 spiro atoms. The number of carbonyl (C=O) groups excluding carboxylic acids is 1. The van der Waals surface area contributed by atoms with E-state index in [-0.39, 0.29) is 18.1 Å². The Morgan fingerprint density at radius 1 is 1.38 bits per heavy atom. The largest absolute Gasteiger partial charge is 0.491 e. The zero-order valence-corrected chi connectivity index (χ0v) is 14.3. The summed E-state index contributed by atoms with van der Waals surface area (Å²) < 4.78 is 11.2. The summed E-state index contributed by atoms with van der Waals surface area (Å²) in [4.78, 5) is 14.8. The van der Waals surface area contributed by atoms with Crippen LogP contribution in [0.25, 0.3) is 0 Å². The number of aromatic nitrogens is 2. The van der Waals surface area contributed by atoms with E-state index in [1.165, 1.54) is 0 Å². The van der Waals surface area contributed by atoms with E-state index in [2.05, 4.69) is 10.2 Å². The molecule has 1 aromatic heterocycles. The first-order chi connectivity index (χ1) is 11.6. The number of nitrogens with one attached hydrogen (secondary N) is 1. The Bertz CT molecular complexity index is 694. The molecule has 3 rings (SSSR count). The first-order valence-corrected chi connectivity index (χ1v) is 8.21. The number of ether oxygens (including phenoxy) is 2. The van der Waals surface area contributed by atoms with Gasteiger partial charge in [0.15, 0.2) is 0 Å². The third-order valence-corrected chi connectivity index (χ3v) is 4.06. The number of hydrogen-bond donors (Lipinski definition) is 1. The van der Waals surface area contributed by atoms with Crippen molar-refractivity contribution in [3.05, 3.63) is 47.3 Å². The van der Waals surface area contributed by atoms with Crippen LogP contribution in [0.15, 0.2) is 30.5 Å². The van der Waals surface area contributed by atoms with Gasteiger partial charge in [0.05, 0.1) is 37.3 Å². The summed E-state index contributed by atoms with van der Waals surface area (Å²) >= 11 is 0. The fourth-order valence-corrected chi connectivity index (χ4v) is 2.89. The van der Waals surface area contributed by atoms with E-state index in [4.69, 9.17) is 9.47 Å². The Morgan fingerprint density at radius 3 is 2.75 bits per heavy atom. The molecule has 1 aliphatic rings. The minimum atomic E-state index is -0.139. The number of aryl methyl sites for hydroxylation is 1. The lowest BCUT2D eigenvalue weighted by atomic mass is 10.1. The number of H-pyrrole nitrogens is 1. The molecule has 1 atom stereocenters. The van der Waals surface area contributed by atoms with Crippen LogP contribution in [0, 0.1) is 6.92 Å². The number of nitrogens with zero attached hydrogens (tertiary/aromatic N) is 2. The van der Waals surface area contributed by atoms with Crippen molar-refractivity contribution in [3.8, 4) is 5.75 Å². The standard InChI is InChI=1S/C18H23N3O3/c1-12(2)24-15-6-4-14(5-7-15)18(22)21-8-9-23-11-16(21)17-13(3)10-19-20-17/h4-7,10,12,16H,8-9,11H2,1-3H3,(H,19,20)/t16-/m0/s1. The number of carbonyl (C=O) groups is 1. The van der Waals surface area contributed by atoms with Crippen molar-refractivity contribution in [1.82, 2.24) is 15.1 Å². The lowest BCUT2D eigenvalue weighted by Gasteiger charge is -2.35. The van der Waals surface area contributed by atoms with Gasteiger partial charge in [-0.25, -0.2) is 0 Å². The number of morpholine rings is 1. The monoisotopic (exact) mass is 329 g/mol. The third kappa shape index (κ3) is 3.43. The van der Waals surface area contributed by atoms with Gasteiger partial charge < -0.3 is 14.4 Å². The quantitative estimate of drug-likeness (QED) is 0.936. The predicted octanol–water partition coefficient (Wildman–Crippen LogP) is 2.72. The second-order valence-electron chi connectivity index (χ2n) is 6.25. The van der Waals surface area contributed by atoms with E-state index < -0.39 is 0 Å². The van der Waals surface area contributed by atoms with Crippen LogP contribution in [0.5, 0.6) is 5.75 Å². The zero-order chi connectivity index (χ0) is 17.1. The van der Waals surface area contributed by atoms with Crippen molar-refractivity contribution in [2.24, 2.45) is 0 Å². The first kappa shape index (κ1) is 16.5. The van der Waals surface area contributed by atoms with E-state index in [0.29, 0.717) is 25.3 Å². The van der Waals surface area contributed by atoms with Crippen LogP contribution in [-0.2, 0) is 4.74 Å². The third-order valence-electron chi connectivity index (χ3n) is 4.06. The normalized spacial score (nSPS) is 18.0. The van der Waals surface area contributed by atoms with Gasteiger partial charge in [0.25, 0.3) is 5.91 Å². The van der Waals surface area contributed by atoms with Gasteiger partial charge in [-0.1, -0.05) is 0 Å². The summed E-state index contributed by atoms with van der Waals surface area (Å²) in [5.74, 6) is 0.762. The molecule has 1 N–H and O–H groups in total. The van der Waals surface area contributed by atoms with E-state index in [1.807, 2.05) is 49.9 Å². The van der Waals surface area contributed by atoms with Gasteiger partial charge in [-0.3, -0.25) is 9.89 Å². The Kier molecular flexibility index (Phi) is 4.85. The van der Waals surface area contributed by atoms with Crippen LogP contribution in [0.3, 0.4) is 0 Å². The highest BCUT2D eigenvalue weighted by Crippen LogP contribution is 2.27. The van der Waals surface area contributed by atoms with Crippen LogP contribution in [-0.4, -0.2) is 46.9 Å². The van der Waals surface area contributed by atoms with Crippen LogP contribution in [0.4, 0.5) is 0 Å². The highest BCUT2D eigenvalue weighted by Gasteiger charge is 2.31. The molecular weight excluding hydrogens is 306 g/mol. The van der Waals surface area contributed by atoms with Gasteiger partial charge in [-0.2, -0.15) is 5.10 Å². The summed E-state index contributed by atoms with van der Waals surface area (Å²) in [6.45, 7) is 7.52. The van der Waals surface area contributed by atoms with Gasteiger partial charge in [0, 0.05) is 12.1 Å². The fourth-order valence-electron chi connectivity index (χ4n) is 2.89. The van der Waals surface area contributed by atoms with Crippen LogP contribution >= 0.6 is 0 Å². The van der Waals surface area contributed by atoms with Crippen molar-refractivity contribution >= 4 is 5.91 Å². The molecule has 0 radical (unpaired) electrons. The average molecular weight is 329 g/mol. The highest BCUT2D eigenvalue weighted by molar-refractivity contribution is 5.94. The molecule has 2 heterocycles. The molecule has 1 aromatic carbocycles. The van der Waals surface area contributed by atoms with Crippen LogP contribution in [0.1, 0.15) is 41.5 Å². The maximum absolute atomic E-state index is 12.9. The molecular formula is C18H23N3O3. The molecule has 24 heavy (non-hydrogen) atoms. The molecule has 6 nitrogen and oxygen atoms in total. The van der Waals surface area contributed by atoms with Crippen molar-refractivity contribution in [1.29, 1.82) is 0 Å². The minimum Gasteiger partial charge on any atom is -0.491 e. The molecule has 0 aliphatic carbocycles. The summed E-state index contributed by atoms with van der Waals surface area (Å²) in [5.41, 5.74) is 2.61. The van der Waals surface area contributed by atoms with Crippen molar-refractivity contribution in [3.63, 3.8) is 0 Å². The van der Waals surface area contributed by atoms with E-state index in [0.717, 1.165) is 17.0 Å². The number of rotatable bonds is 4. The smallest absolute Gasteiger partial charge is 0.254 e. The molecule has 6 heteroatoms. The molecule has 1 aliphatic heterocycles. The Balaban J connectivity index is 1.80. The fraction of sp³-hybridized carbons (Fsp3) is 0.444. The van der Waals surface area contributed by atoms with Crippen LogP contribution < -0.4 is 4.74 Å². The van der Waals surface area contributed by atoms with E-state index in [9.17, 15) is 4.79 Å². The predicted molar refractivity (Wildman–Crippen MR) is 90.1 cm³/mol. The number of benzene rings is 1. The molecule has 0 saturated carbocycles. The van der Waals surface area contributed by atoms with E-state index >= 15 is 0 Å². The Morgan fingerprint density at radius 2 is 2.12 bits per heavy atom. The lowest BCUT2D eigenvalue weighted by Crippen LogP contribution is -2.43. The molecule has 128 valence electrons. The van der Waals surface area contributed by atoms with Gasteiger partial charge in [-0.15, -0.1) is 0 Å². The summed E-state index contributed by atoms with van der Waals surface area (Å²) in [6.07, 6.45) is 1.88. The zero-order valence-electron chi connectivity index (χ0n) is 14.3. The van der Waals surface area contributed by atoms with Gasteiger partial charge in [-0.05, 0) is 50.6 Å². The van der Waals surface area contributed by atoms with Gasteiger partial charge in [0.1, 0.15) is 5.75 Å². The summed E-state index contributed by atoms with van der Waals surface area (Å²) in [6, 6.07) is 7.16. The highest BCUT2D eigenvalue weighted by atomic mass is 16.5. The molecule has 0 unspecified atom stereocenters. The van der Waals surface area contributed by atoms with Crippen molar-refractivity contribution < 1.29 is 14.3 Å². The van der Waals surface area contributed by atoms with Gasteiger partial charge in [0.2, 0.25) is 0 Å². The molecule has 1 amide bonds. The maximum atomic E-state index is 12.9. The van der Waals surface area contributed by atoms with Gasteiger partial charge >= 0.3 is 0 Å². The van der Waals surface area contributed by atoms with Crippen LogP contribution in [0.2, 0.25) is 0 Å². The average Bonchev–Trinajstić information content (AvgIpc) is 3.00. The first-order valence-electron chi connectivity index (χ1n) is 8.21. The molecule has 0 bridgehead atoms. The van der Waals surface area contributed by atoms with Crippen molar-refractivity contribution in [2.45, 2.75) is 32.9 Å². The molecule has 2 aromatic rings. The SMILES string of the molecule is Cc1cn[nH]c1[C@@H]1COCCN1C(=O)c1ccc(OC(C)C)cc1. The molecule has 1 fully saturated rings. The topological polar surface area (TPSA) is 67.5 Å².